The van der Waals surface area contributed by atoms with Crippen molar-refractivity contribution in [2.75, 3.05) is 19.6 Å². The van der Waals surface area contributed by atoms with Crippen molar-refractivity contribution >= 4 is 188 Å². The van der Waals surface area contributed by atoms with Crippen LogP contribution in [0.25, 0.3) is 120 Å². The summed E-state index contributed by atoms with van der Waals surface area (Å²) in [5.41, 5.74) is 35.4. The average molecular weight is 1420 g/mol. The second-order valence-electron chi connectivity index (χ2n) is 30.3. The summed E-state index contributed by atoms with van der Waals surface area (Å²) in [6.45, 7) is 35.7. The minimum absolute atomic E-state index is 0.821. The monoisotopic (exact) mass is 1410 g/mol. The van der Waals surface area contributed by atoms with Crippen molar-refractivity contribution in [2.24, 2.45) is 0 Å². The summed E-state index contributed by atoms with van der Waals surface area (Å²) in [4.78, 5) is 10.2. The molecule has 0 amide bonds. The Labute approximate surface area is 623 Å². The molecular weight excluding hydrogens is 1340 g/mol. The molecule has 8 aromatic heterocycles. The predicted molar refractivity (Wildman–Crippen MR) is 443 cm³/mol. The third-order valence-electron chi connectivity index (χ3n) is 23.8. The molecule has 0 aliphatic carbocycles. The van der Waals surface area contributed by atoms with Gasteiger partial charge < -0.3 is 54.9 Å². The van der Waals surface area contributed by atoms with Crippen LogP contribution < -0.4 is 19.6 Å². The summed E-state index contributed by atoms with van der Waals surface area (Å²) < 4.78 is 51.8. The van der Waals surface area contributed by atoms with Gasteiger partial charge in [0, 0.05) is 97.7 Å². The first-order valence-corrected chi connectivity index (χ1v) is 37.0. The van der Waals surface area contributed by atoms with Crippen LogP contribution in [0.5, 0.6) is 0 Å². The second kappa shape index (κ2) is 23.3. The van der Waals surface area contributed by atoms with Gasteiger partial charge in [-0.25, -0.2) is 0 Å². The Kier molecular flexibility index (Phi) is 14.0. The highest BCUT2D eigenvalue weighted by Crippen LogP contribution is 2.60. The molecule has 20 aromatic rings. The van der Waals surface area contributed by atoms with Crippen molar-refractivity contribution in [3.8, 4) is 0 Å². The Hall–Kier alpha value is -12.8. The van der Waals surface area contributed by atoms with Crippen LogP contribution in [0.3, 0.4) is 0 Å². The van der Waals surface area contributed by atoms with Gasteiger partial charge in [0.1, 0.15) is 44.7 Å². The molecule has 0 bridgehead atoms. The second-order valence-corrected chi connectivity index (χ2v) is 30.3. The largest absolute Gasteiger partial charge is 0.464 e. The van der Waals surface area contributed by atoms with Gasteiger partial charge in [0.2, 0.25) is 0 Å². The van der Waals surface area contributed by atoms with Gasteiger partial charge in [0.25, 0.3) is 0 Å². The van der Waals surface area contributed by atoms with Crippen LogP contribution in [-0.4, -0.2) is 0 Å². The molecule has 0 spiro atoms. The van der Waals surface area contributed by atoms with E-state index in [1.54, 1.807) is 0 Å². The molecule has 108 heavy (non-hydrogen) atoms. The Bertz CT molecular complexity index is 6050. The first kappa shape index (κ1) is 64.8. The van der Waals surface area contributed by atoms with Crippen molar-refractivity contribution < 1.29 is 35.3 Å². The minimum atomic E-state index is 0.821. The zero-order chi connectivity index (χ0) is 74.0. The van der Waals surface area contributed by atoms with Crippen LogP contribution in [0.15, 0.2) is 219 Å². The van der Waals surface area contributed by atoms with Crippen LogP contribution in [-0.2, 0) is 0 Å². The maximum absolute atomic E-state index is 6.61. The van der Waals surface area contributed by atoms with Gasteiger partial charge in [0.05, 0.1) is 118 Å². The Morgan fingerprint density at radius 1 is 0.185 bits per heavy atom. The molecule has 12 heteroatoms. The van der Waals surface area contributed by atoms with E-state index in [9.17, 15) is 0 Å². The molecule has 0 saturated carbocycles. The van der Waals surface area contributed by atoms with Gasteiger partial charge in [-0.2, -0.15) is 0 Å². The topological polar surface area (TPSA) is 118 Å². The smallest absolute Gasteiger partial charge is 0.138 e. The number of furan rings is 8. The van der Waals surface area contributed by atoms with Gasteiger partial charge in [-0.15, -0.1) is 0 Å². The number of fused-ring (bicyclic) bond motifs is 8. The van der Waals surface area contributed by atoms with Crippen LogP contribution >= 0.6 is 0 Å². The summed E-state index contributed by atoms with van der Waals surface area (Å²) in [7, 11) is 0. The third kappa shape index (κ3) is 8.97. The zero-order valence-corrected chi connectivity index (χ0v) is 63.4. The summed E-state index contributed by atoms with van der Waals surface area (Å²) >= 11 is 0. The van der Waals surface area contributed by atoms with E-state index in [4.69, 9.17) is 35.3 Å². The third-order valence-corrected chi connectivity index (χ3v) is 23.8. The standard InChI is InChI=1S/C96H78N4O8/c1-47-37-63-21-29-105-93(63)59(13)89(47)97(85-51(5)41-79-67(55(85)9)25-33-101-79)75-45-76(98(86-52(6)42-80-68(56(86)10)26-34-102-80)90-48(2)38-64-22-30-106-94(64)60(90)14)72-19-20-74-78(100(88-54(8)44-82-70(58(88)12)28-36-104-82)92-50(4)40-66-24-32-108-96(66)62(92)16)46-77(73-18-17-71(75)83(72)84(73)74)99(87-53(7)43-81-69(57(87)11)27-35-103-81)91-49(3)39-65-23-31-107-95(65)61(91)15/h17-46H,1-16H3. The number of nitrogens with zero attached hydrogens (tertiary/aromatic N) is 4. The quantitative estimate of drug-likeness (QED) is 0.108. The maximum Gasteiger partial charge on any atom is 0.138 e. The lowest BCUT2D eigenvalue weighted by Crippen LogP contribution is -2.20. The molecule has 0 fully saturated rings. The summed E-state index contributed by atoms with van der Waals surface area (Å²) in [6, 6.07) is 49.2. The lowest BCUT2D eigenvalue weighted by Gasteiger charge is -2.38. The molecule has 0 atom stereocenters. The van der Waals surface area contributed by atoms with Crippen LogP contribution in [0.4, 0.5) is 68.2 Å². The van der Waals surface area contributed by atoms with E-state index in [1.165, 1.54) is 0 Å². The number of hydrogen-bond acceptors (Lipinski definition) is 12. The molecule has 8 heterocycles. The van der Waals surface area contributed by atoms with Crippen molar-refractivity contribution in [2.45, 2.75) is 111 Å². The molecule has 20 rings (SSSR count). The number of aryl methyl sites for hydroxylation is 16. The van der Waals surface area contributed by atoms with E-state index in [0.717, 1.165) is 277 Å². The van der Waals surface area contributed by atoms with Crippen molar-refractivity contribution in [1.82, 2.24) is 0 Å². The number of rotatable bonds is 12. The minimum Gasteiger partial charge on any atom is -0.464 e. The van der Waals surface area contributed by atoms with Crippen molar-refractivity contribution in [1.29, 1.82) is 0 Å². The average Bonchev–Trinajstić information content (AvgIpc) is 0.694. The number of hydrogen-bond donors (Lipinski definition) is 0. The molecular formula is C96H78N4O8. The Morgan fingerprint density at radius 3 is 0.602 bits per heavy atom. The van der Waals surface area contributed by atoms with Gasteiger partial charge in [-0.3, -0.25) is 0 Å². The maximum atomic E-state index is 6.61. The highest BCUT2D eigenvalue weighted by molar-refractivity contribution is 6.34. The fourth-order valence-electron chi connectivity index (χ4n) is 19.3. The van der Waals surface area contributed by atoms with E-state index in [-0.39, 0.29) is 0 Å². The summed E-state index contributed by atoms with van der Waals surface area (Å²) in [5, 5.41) is 14.5. The van der Waals surface area contributed by atoms with Crippen LogP contribution in [0.2, 0.25) is 0 Å². The Morgan fingerprint density at radius 2 is 0.380 bits per heavy atom. The van der Waals surface area contributed by atoms with E-state index in [2.05, 4.69) is 264 Å². The SMILES string of the molecule is Cc1cc2occc2c(C)c1N(c1c(C)cc2ccoc2c1C)c1cc(N(c2c(C)cc3occc3c2C)c2c(C)cc3ccoc3c2C)c2ccc3c(N(c4c(C)cc5occc5c4C)c4c(C)cc5ccoc5c4C)cc(N(c4c(C)cc5occc5c4C)c4c(C)cc5ccoc5c4C)c4ccc1c2c43. The first-order valence-electron chi connectivity index (χ1n) is 37.0. The molecule has 0 radical (unpaired) electrons. The number of anilines is 12. The zero-order valence-electron chi connectivity index (χ0n) is 63.4. The van der Waals surface area contributed by atoms with Gasteiger partial charge >= 0.3 is 0 Å². The van der Waals surface area contributed by atoms with Gasteiger partial charge in [-0.1, -0.05) is 24.3 Å². The highest BCUT2D eigenvalue weighted by atomic mass is 16.3. The highest BCUT2D eigenvalue weighted by Gasteiger charge is 2.37. The molecule has 0 unspecified atom stereocenters. The molecule has 0 N–H and O–H groups in total. The lowest BCUT2D eigenvalue weighted by atomic mass is 9.87. The van der Waals surface area contributed by atoms with Crippen molar-refractivity contribution in [3.05, 3.63) is 273 Å². The summed E-state index contributed by atoms with van der Waals surface area (Å²) in [5.74, 6) is 0. The van der Waals surface area contributed by atoms with Crippen LogP contribution in [0, 0.1) is 111 Å². The normalized spacial score (nSPS) is 12.3. The lowest BCUT2D eigenvalue weighted by molar-refractivity contribution is 0.613. The van der Waals surface area contributed by atoms with E-state index < -0.39 is 0 Å². The predicted octanol–water partition coefficient (Wildman–Crippen LogP) is 29.4. The Balaban J connectivity index is 1.05. The van der Waals surface area contributed by atoms with Gasteiger partial charge in [0.15, 0.2) is 0 Å². The first-order chi connectivity index (χ1) is 52.2. The molecule has 0 saturated heterocycles. The van der Waals surface area contributed by atoms with E-state index >= 15 is 0 Å². The fourth-order valence-corrected chi connectivity index (χ4v) is 19.3. The summed E-state index contributed by atoms with van der Waals surface area (Å²) in [6.07, 6.45) is 14.5. The van der Waals surface area contributed by atoms with Crippen LogP contribution in [0.1, 0.15) is 89.0 Å². The fraction of sp³-hybridized carbons (Fsp3) is 0.167. The molecule has 12 aromatic carbocycles. The van der Waals surface area contributed by atoms with E-state index in [0.29, 0.717) is 0 Å². The van der Waals surface area contributed by atoms with Gasteiger partial charge in [-0.05, 0) is 287 Å². The van der Waals surface area contributed by atoms with Crippen molar-refractivity contribution in [3.63, 3.8) is 0 Å². The molecule has 0 aliphatic heterocycles. The molecule has 12 nitrogen and oxygen atoms in total. The number of benzene rings is 12. The van der Waals surface area contributed by atoms with E-state index in [1.807, 2.05) is 50.1 Å². The molecule has 0 aliphatic rings. The molecule has 530 valence electrons.